The fourth-order valence-electron chi connectivity index (χ4n) is 3.16. The number of carboxylic acid groups (broad SMARTS) is 1. The molecule has 2 fully saturated rings. The van der Waals surface area contributed by atoms with E-state index in [0.29, 0.717) is 18.8 Å². The zero-order valence-electron chi connectivity index (χ0n) is 15.3. The summed E-state index contributed by atoms with van der Waals surface area (Å²) in [5.74, 6) is -3.28. The van der Waals surface area contributed by atoms with Crippen LogP contribution in [0.4, 0.5) is 18.9 Å². The van der Waals surface area contributed by atoms with Crippen molar-refractivity contribution in [3.05, 3.63) is 24.5 Å². The van der Waals surface area contributed by atoms with Gasteiger partial charge in [0.1, 0.15) is 0 Å². The summed E-state index contributed by atoms with van der Waals surface area (Å²) in [7, 11) is -3.34. The summed E-state index contributed by atoms with van der Waals surface area (Å²) in [5, 5.41) is 9.94. The Morgan fingerprint density at radius 2 is 2.00 bits per heavy atom. The Labute approximate surface area is 164 Å². The largest absolute Gasteiger partial charge is 0.490 e. The second-order valence-corrected chi connectivity index (χ2v) is 8.56. The van der Waals surface area contributed by atoms with Crippen molar-refractivity contribution < 1.29 is 41.0 Å². The molecule has 9 nitrogen and oxygen atoms in total. The number of alkyl halides is 3. The third-order valence-corrected chi connectivity index (χ3v) is 5.77. The molecule has 13 heteroatoms. The van der Waals surface area contributed by atoms with Gasteiger partial charge in [-0.25, -0.2) is 13.2 Å². The molecule has 3 heterocycles. The number of rotatable bonds is 3. The first-order valence-electron chi connectivity index (χ1n) is 8.47. The highest BCUT2D eigenvalue weighted by Gasteiger charge is 2.46. The van der Waals surface area contributed by atoms with Gasteiger partial charge >= 0.3 is 12.1 Å². The molecule has 1 aromatic rings. The second kappa shape index (κ2) is 9.05. The molecule has 2 N–H and O–H groups in total. The maximum absolute atomic E-state index is 12.6. The van der Waals surface area contributed by atoms with Crippen LogP contribution in [0.1, 0.15) is 6.42 Å². The first-order valence-corrected chi connectivity index (χ1v) is 10.3. The van der Waals surface area contributed by atoms with E-state index in [2.05, 4.69) is 10.3 Å². The Hall–Kier alpha value is -2.25. The van der Waals surface area contributed by atoms with E-state index >= 15 is 0 Å². The molecule has 0 unspecified atom stereocenters. The summed E-state index contributed by atoms with van der Waals surface area (Å²) >= 11 is 0. The predicted octanol–water partition coefficient (Wildman–Crippen LogP) is 0.950. The van der Waals surface area contributed by atoms with Gasteiger partial charge in [-0.05, 0) is 18.6 Å². The number of hydrogen-bond donors (Lipinski definition) is 2. The zero-order chi connectivity index (χ0) is 21.8. The Morgan fingerprint density at radius 3 is 2.52 bits per heavy atom. The van der Waals surface area contributed by atoms with Crippen LogP contribution in [0.15, 0.2) is 24.5 Å². The smallest absolute Gasteiger partial charge is 0.475 e. The van der Waals surface area contributed by atoms with Gasteiger partial charge in [-0.3, -0.25) is 9.78 Å². The number of sulfonamides is 1. The van der Waals surface area contributed by atoms with Crippen LogP contribution in [0.25, 0.3) is 0 Å². The number of carbonyl (C=O) groups excluding carboxylic acids is 1. The first kappa shape index (κ1) is 23.0. The number of hydrogen-bond acceptors (Lipinski definition) is 6. The number of nitrogens with one attached hydrogen (secondary N) is 1. The topological polar surface area (TPSA) is 126 Å². The van der Waals surface area contributed by atoms with Crippen LogP contribution in [-0.4, -0.2) is 72.9 Å². The zero-order valence-corrected chi connectivity index (χ0v) is 16.1. The van der Waals surface area contributed by atoms with Crippen LogP contribution in [-0.2, 0) is 24.3 Å². The summed E-state index contributed by atoms with van der Waals surface area (Å²) < 4.78 is 62.4. The van der Waals surface area contributed by atoms with Crippen LogP contribution in [0, 0.1) is 11.8 Å². The number of aliphatic carboxylic acids is 1. The average Bonchev–Trinajstić information content (AvgIpc) is 3.09. The number of piperidine rings is 1. The minimum Gasteiger partial charge on any atom is -0.475 e. The number of halogens is 3. The van der Waals surface area contributed by atoms with Crippen molar-refractivity contribution in [3.63, 3.8) is 0 Å². The minimum absolute atomic E-state index is 0.0645. The van der Waals surface area contributed by atoms with Crippen molar-refractivity contribution in [2.75, 3.05) is 31.3 Å². The number of carboxylic acids is 1. The molecule has 0 aromatic carbocycles. The fourth-order valence-corrected chi connectivity index (χ4v) is 4.01. The molecule has 29 heavy (non-hydrogen) atoms. The third-order valence-electron chi connectivity index (χ3n) is 4.54. The number of nitrogens with zero attached hydrogens (tertiary/aromatic N) is 2. The lowest BCUT2D eigenvalue weighted by molar-refractivity contribution is -0.192. The Balaban J connectivity index is 0.000000370. The number of amides is 1. The van der Waals surface area contributed by atoms with E-state index < -0.39 is 28.1 Å². The van der Waals surface area contributed by atoms with E-state index in [0.717, 1.165) is 6.42 Å². The summed E-state index contributed by atoms with van der Waals surface area (Å²) in [6.07, 6.45) is -0.139. The van der Waals surface area contributed by atoms with Crippen molar-refractivity contribution in [1.82, 2.24) is 9.29 Å². The molecule has 0 bridgehead atoms. The van der Waals surface area contributed by atoms with E-state index in [4.69, 9.17) is 14.6 Å². The summed E-state index contributed by atoms with van der Waals surface area (Å²) in [6.45, 7) is 1.11. The van der Waals surface area contributed by atoms with Gasteiger partial charge in [-0.1, -0.05) is 0 Å². The number of anilines is 1. The molecule has 2 aliphatic heterocycles. The summed E-state index contributed by atoms with van der Waals surface area (Å²) in [5.41, 5.74) is 0.611. The lowest BCUT2D eigenvalue weighted by Gasteiger charge is -2.37. The van der Waals surface area contributed by atoms with Gasteiger partial charge in [0.15, 0.2) is 0 Å². The van der Waals surface area contributed by atoms with Gasteiger partial charge in [0.2, 0.25) is 15.9 Å². The van der Waals surface area contributed by atoms with Crippen LogP contribution in [0.2, 0.25) is 0 Å². The number of fused-ring (bicyclic) bond motifs is 1. The first-order chi connectivity index (χ1) is 13.4. The van der Waals surface area contributed by atoms with Crippen LogP contribution >= 0.6 is 0 Å². The molecule has 3 atom stereocenters. The molecule has 0 radical (unpaired) electrons. The maximum atomic E-state index is 12.6. The number of pyridine rings is 1. The van der Waals surface area contributed by atoms with Crippen molar-refractivity contribution in [1.29, 1.82) is 0 Å². The van der Waals surface area contributed by atoms with Crippen molar-refractivity contribution in [2.24, 2.45) is 11.8 Å². The van der Waals surface area contributed by atoms with Crippen LogP contribution in [0.5, 0.6) is 0 Å². The van der Waals surface area contributed by atoms with E-state index in [9.17, 15) is 26.4 Å². The minimum atomic E-state index is -5.08. The SMILES string of the molecule is CS(=O)(=O)N1C[C@H](C(=O)Nc2cccnc2)[C@@H]2CCO[C@@H]2C1.O=C(O)C(F)(F)F. The van der Waals surface area contributed by atoms with Gasteiger partial charge < -0.3 is 15.2 Å². The van der Waals surface area contributed by atoms with Crippen molar-refractivity contribution in [3.8, 4) is 0 Å². The summed E-state index contributed by atoms with van der Waals surface area (Å²) in [4.78, 5) is 25.4. The monoisotopic (exact) mass is 439 g/mol. The lowest BCUT2D eigenvalue weighted by Crippen LogP contribution is -2.52. The van der Waals surface area contributed by atoms with E-state index in [1.165, 1.54) is 10.6 Å². The highest BCUT2D eigenvalue weighted by molar-refractivity contribution is 7.88. The predicted molar refractivity (Wildman–Crippen MR) is 94.3 cm³/mol. The summed E-state index contributed by atoms with van der Waals surface area (Å²) in [6, 6.07) is 3.49. The number of carbonyl (C=O) groups is 2. The highest BCUT2D eigenvalue weighted by atomic mass is 32.2. The van der Waals surface area contributed by atoms with Crippen LogP contribution < -0.4 is 5.32 Å². The van der Waals surface area contributed by atoms with Gasteiger partial charge in [0, 0.05) is 31.8 Å². The standard InChI is InChI=1S/C14H19N3O4S.C2HF3O2/c1-22(19,20)17-8-12(11-4-6-21-13(11)9-17)14(18)16-10-3-2-5-15-7-10;3-2(4,5)1(6)7/h2-3,5,7,11-13H,4,6,8-9H2,1H3,(H,16,18);(H,6,7)/t11-,12-,13+;/m0./s1. The molecule has 1 amide bonds. The molecular formula is C16H20F3N3O6S. The highest BCUT2D eigenvalue weighted by Crippen LogP contribution is 2.35. The van der Waals surface area contributed by atoms with Gasteiger partial charge in [-0.15, -0.1) is 0 Å². The van der Waals surface area contributed by atoms with Crippen LogP contribution in [0.3, 0.4) is 0 Å². The molecule has 3 rings (SSSR count). The molecule has 0 spiro atoms. The molecule has 1 aromatic heterocycles. The van der Waals surface area contributed by atoms with Crippen molar-refractivity contribution >= 4 is 27.6 Å². The Morgan fingerprint density at radius 1 is 1.34 bits per heavy atom. The van der Waals surface area contributed by atoms with E-state index in [1.807, 2.05) is 0 Å². The Kier molecular flexibility index (Phi) is 7.19. The van der Waals surface area contributed by atoms with E-state index in [-0.39, 0.29) is 24.5 Å². The number of aromatic nitrogens is 1. The van der Waals surface area contributed by atoms with E-state index in [1.54, 1.807) is 24.5 Å². The third kappa shape index (κ3) is 6.37. The average molecular weight is 439 g/mol. The normalized spacial score (nSPS) is 24.8. The van der Waals surface area contributed by atoms with Crippen molar-refractivity contribution in [2.45, 2.75) is 18.7 Å². The maximum Gasteiger partial charge on any atom is 0.490 e. The molecule has 0 saturated carbocycles. The Bertz CT molecular complexity index is 834. The quantitative estimate of drug-likeness (QED) is 0.718. The molecule has 2 aliphatic rings. The molecule has 2 saturated heterocycles. The fraction of sp³-hybridized carbons (Fsp3) is 0.562. The molecule has 0 aliphatic carbocycles. The second-order valence-electron chi connectivity index (χ2n) is 6.58. The van der Waals surface area contributed by atoms with Gasteiger partial charge in [-0.2, -0.15) is 17.5 Å². The van der Waals surface area contributed by atoms with Gasteiger partial charge in [0.25, 0.3) is 0 Å². The molecular weight excluding hydrogens is 419 g/mol. The number of ether oxygens (including phenoxy) is 1. The lowest BCUT2D eigenvalue weighted by atomic mass is 9.83. The van der Waals surface area contributed by atoms with Gasteiger partial charge in [0.05, 0.1) is 30.2 Å². The molecule has 162 valence electrons.